The summed E-state index contributed by atoms with van der Waals surface area (Å²) in [5, 5.41) is 11.8. The lowest BCUT2D eigenvalue weighted by molar-refractivity contribution is -0.137. The Morgan fingerprint density at radius 3 is 2.24 bits per heavy atom. The van der Waals surface area contributed by atoms with E-state index >= 15 is 0 Å². The van der Waals surface area contributed by atoms with E-state index < -0.39 is 11.7 Å². The Morgan fingerprint density at radius 2 is 1.82 bits per heavy atom. The van der Waals surface area contributed by atoms with Crippen LogP contribution < -0.4 is 5.32 Å². The van der Waals surface area contributed by atoms with Crippen LogP contribution >= 0.6 is 0 Å². The fourth-order valence-corrected chi connectivity index (χ4v) is 1.53. The predicted molar refractivity (Wildman–Crippen MR) is 57.2 cm³/mol. The number of alkyl halides is 3. The first-order valence-electron chi connectivity index (χ1n) is 5.28. The van der Waals surface area contributed by atoms with Crippen molar-refractivity contribution in [2.45, 2.75) is 19.0 Å². The topological polar surface area (TPSA) is 35.8 Å². The van der Waals surface area contributed by atoms with E-state index in [0.717, 1.165) is 25.0 Å². The van der Waals surface area contributed by atoms with Gasteiger partial charge in [0.25, 0.3) is 0 Å². The predicted octanol–water partition coefficient (Wildman–Crippen LogP) is 3.42. The first kappa shape index (κ1) is 11.8. The first-order chi connectivity index (χ1) is 7.95. The van der Waals surface area contributed by atoms with Gasteiger partial charge in [-0.25, -0.2) is 0 Å². The number of hydrogen-bond donors (Lipinski definition) is 1. The molecule has 0 saturated heterocycles. The fraction of sp³-hybridized carbons (Fsp3) is 0.417. The van der Waals surface area contributed by atoms with E-state index in [0.29, 0.717) is 12.2 Å². The Bertz CT molecular complexity index is 438. The molecule has 1 fully saturated rings. The van der Waals surface area contributed by atoms with Crippen molar-refractivity contribution in [3.05, 3.63) is 29.8 Å². The Morgan fingerprint density at radius 1 is 1.24 bits per heavy atom. The summed E-state index contributed by atoms with van der Waals surface area (Å²) >= 11 is 0. The van der Waals surface area contributed by atoms with Crippen LogP contribution in [0.15, 0.2) is 24.3 Å². The first-order valence-corrected chi connectivity index (χ1v) is 5.28. The number of rotatable bonds is 3. The molecular formula is C12H11F3N2. The van der Waals surface area contributed by atoms with Gasteiger partial charge in [-0.3, -0.25) is 0 Å². The number of halogens is 3. The van der Waals surface area contributed by atoms with Crippen molar-refractivity contribution in [2.75, 3.05) is 11.9 Å². The summed E-state index contributed by atoms with van der Waals surface area (Å²) in [5.41, 5.74) is -0.355. The average Bonchev–Trinajstić information content (AvgIpc) is 3.06. The van der Waals surface area contributed by atoms with E-state index in [-0.39, 0.29) is 5.41 Å². The maximum Gasteiger partial charge on any atom is 0.416 e. The summed E-state index contributed by atoms with van der Waals surface area (Å²) in [6, 6.07) is 7.06. The molecule has 0 aliphatic heterocycles. The average molecular weight is 240 g/mol. The van der Waals surface area contributed by atoms with Crippen LogP contribution in [0.25, 0.3) is 0 Å². The van der Waals surface area contributed by atoms with Crippen molar-refractivity contribution in [3.8, 4) is 6.07 Å². The molecule has 0 heterocycles. The van der Waals surface area contributed by atoms with Gasteiger partial charge in [0.2, 0.25) is 0 Å². The summed E-state index contributed by atoms with van der Waals surface area (Å²) in [5.74, 6) is 0. The van der Waals surface area contributed by atoms with Gasteiger partial charge >= 0.3 is 6.18 Å². The standard InChI is InChI=1S/C12H11F3N2/c13-12(14,15)9-1-3-10(4-2-9)17-8-11(7-16)5-6-11/h1-4,17H,5-6,8H2. The van der Waals surface area contributed by atoms with Crippen LogP contribution in [0.1, 0.15) is 18.4 Å². The minimum Gasteiger partial charge on any atom is -0.383 e. The summed E-state index contributed by atoms with van der Waals surface area (Å²) in [6.45, 7) is 0.495. The molecule has 0 spiro atoms. The molecular weight excluding hydrogens is 229 g/mol. The third-order valence-corrected chi connectivity index (χ3v) is 2.93. The number of nitrogens with one attached hydrogen (secondary N) is 1. The molecule has 0 unspecified atom stereocenters. The molecule has 1 N–H and O–H groups in total. The number of anilines is 1. The lowest BCUT2D eigenvalue weighted by Crippen LogP contribution is -2.13. The van der Waals surface area contributed by atoms with Crippen molar-refractivity contribution in [2.24, 2.45) is 5.41 Å². The SMILES string of the molecule is N#CC1(CNc2ccc(C(F)(F)F)cc2)CC1. The van der Waals surface area contributed by atoms with Crippen LogP contribution in [0.5, 0.6) is 0 Å². The van der Waals surface area contributed by atoms with Crippen molar-refractivity contribution in [1.82, 2.24) is 0 Å². The van der Waals surface area contributed by atoms with Crippen molar-refractivity contribution in [1.29, 1.82) is 5.26 Å². The van der Waals surface area contributed by atoms with Gasteiger partial charge in [0.1, 0.15) is 0 Å². The van der Waals surface area contributed by atoms with Gasteiger partial charge in [-0.15, -0.1) is 0 Å². The zero-order chi connectivity index (χ0) is 12.5. The molecule has 0 bridgehead atoms. The molecule has 0 radical (unpaired) electrons. The summed E-state index contributed by atoms with van der Waals surface area (Å²) < 4.78 is 36.9. The molecule has 2 rings (SSSR count). The number of benzene rings is 1. The molecule has 1 saturated carbocycles. The highest BCUT2D eigenvalue weighted by molar-refractivity contribution is 5.46. The molecule has 5 heteroatoms. The molecule has 17 heavy (non-hydrogen) atoms. The van der Waals surface area contributed by atoms with Crippen LogP contribution in [-0.4, -0.2) is 6.54 Å². The van der Waals surface area contributed by atoms with Crippen LogP contribution in [0, 0.1) is 16.7 Å². The van der Waals surface area contributed by atoms with Gasteiger partial charge in [0, 0.05) is 12.2 Å². The summed E-state index contributed by atoms with van der Waals surface area (Å²) in [4.78, 5) is 0. The lowest BCUT2D eigenvalue weighted by Gasteiger charge is -2.11. The number of nitriles is 1. The maximum atomic E-state index is 12.3. The van der Waals surface area contributed by atoms with Gasteiger partial charge in [-0.2, -0.15) is 18.4 Å². The normalized spacial score (nSPS) is 17.3. The van der Waals surface area contributed by atoms with Crippen LogP contribution in [0.3, 0.4) is 0 Å². The second kappa shape index (κ2) is 3.95. The number of nitrogens with zero attached hydrogens (tertiary/aromatic N) is 1. The molecule has 90 valence electrons. The van der Waals surface area contributed by atoms with Gasteiger partial charge < -0.3 is 5.32 Å². The highest BCUT2D eigenvalue weighted by Crippen LogP contribution is 2.44. The lowest BCUT2D eigenvalue weighted by atomic mass is 10.1. The summed E-state index contributed by atoms with van der Waals surface area (Å²) in [6.07, 6.45) is -2.59. The molecule has 1 aromatic rings. The van der Waals surface area contributed by atoms with E-state index in [4.69, 9.17) is 5.26 Å². The Balaban J connectivity index is 1.97. The highest BCUT2D eigenvalue weighted by Gasteiger charge is 2.42. The highest BCUT2D eigenvalue weighted by atomic mass is 19.4. The van der Waals surface area contributed by atoms with Crippen LogP contribution in [0.2, 0.25) is 0 Å². The van der Waals surface area contributed by atoms with Crippen molar-refractivity contribution in [3.63, 3.8) is 0 Å². The third-order valence-electron chi connectivity index (χ3n) is 2.93. The second-order valence-electron chi connectivity index (χ2n) is 4.32. The molecule has 0 atom stereocenters. The van der Waals surface area contributed by atoms with Gasteiger partial charge in [0.15, 0.2) is 0 Å². The van der Waals surface area contributed by atoms with Gasteiger partial charge in [-0.1, -0.05) is 0 Å². The maximum absolute atomic E-state index is 12.3. The fourth-order valence-electron chi connectivity index (χ4n) is 1.53. The van der Waals surface area contributed by atoms with E-state index in [1.54, 1.807) is 0 Å². The third kappa shape index (κ3) is 2.70. The number of hydrogen-bond acceptors (Lipinski definition) is 2. The van der Waals surface area contributed by atoms with E-state index in [1.807, 2.05) is 0 Å². The largest absolute Gasteiger partial charge is 0.416 e. The van der Waals surface area contributed by atoms with Gasteiger partial charge in [0.05, 0.1) is 17.0 Å². The molecule has 2 nitrogen and oxygen atoms in total. The minimum absolute atomic E-state index is 0.303. The van der Waals surface area contributed by atoms with Crippen LogP contribution in [-0.2, 0) is 6.18 Å². The molecule has 1 aliphatic rings. The Hall–Kier alpha value is -1.70. The summed E-state index contributed by atoms with van der Waals surface area (Å²) in [7, 11) is 0. The van der Waals surface area contributed by atoms with Crippen molar-refractivity contribution < 1.29 is 13.2 Å². The van der Waals surface area contributed by atoms with Crippen LogP contribution in [0.4, 0.5) is 18.9 Å². The Labute approximate surface area is 97.1 Å². The van der Waals surface area contributed by atoms with Gasteiger partial charge in [-0.05, 0) is 37.1 Å². The Kier molecular flexibility index (Phi) is 2.74. The molecule has 0 aromatic heterocycles. The minimum atomic E-state index is -4.30. The quantitative estimate of drug-likeness (QED) is 0.878. The van der Waals surface area contributed by atoms with Crippen molar-refractivity contribution >= 4 is 5.69 Å². The zero-order valence-corrected chi connectivity index (χ0v) is 9.01. The molecule has 1 aliphatic carbocycles. The zero-order valence-electron chi connectivity index (χ0n) is 9.01. The van der Waals surface area contributed by atoms with E-state index in [1.165, 1.54) is 12.1 Å². The smallest absolute Gasteiger partial charge is 0.383 e. The monoisotopic (exact) mass is 240 g/mol. The second-order valence-corrected chi connectivity index (χ2v) is 4.32. The molecule has 0 amide bonds. The van der Waals surface area contributed by atoms with E-state index in [2.05, 4.69) is 11.4 Å². The van der Waals surface area contributed by atoms with E-state index in [9.17, 15) is 13.2 Å². The molecule has 1 aromatic carbocycles.